The van der Waals surface area contributed by atoms with Gasteiger partial charge in [0, 0.05) is 0 Å². The summed E-state index contributed by atoms with van der Waals surface area (Å²) in [5.74, 6) is 0. The first-order valence-corrected chi connectivity index (χ1v) is 6.21. The van der Waals surface area contributed by atoms with Crippen LogP contribution in [-0.2, 0) is 0 Å². The van der Waals surface area contributed by atoms with E-state index in [0.717, 1.165) is 0 Å². The van der Waals surface area contributed by atoms with E-state index in [9.17, 15) is 0 Å². The van der Waals surface area contributed by atoms with Gasteiger partial charge in [-0.2, -0.15) is 0 Å². The molecule has 0 aliphatic heterocycles. The second kappa shape index (κ2) is 13.4. The summed E-state index contributed by atoms with van der Waals surface area (Å²) in [6.45, 7) is 0. The standard InChI is InChI=1S/2IO3.K/c2*2-1(3)4;/q2*-1;+1/p+1. The first-order chi connectivity index (χ1) is 3.46. The molecule has 0 aromatic heterocycles. The Morgan fingerprint density at radius 2 is 0.667 bits per heavy atom. The van der Waals surface area contributed by atoms with Crippen molar-refractivity contribution in [2.24, 2.45) is 0 Å². The number of hydrogen-bond donors (Lipinski definition) is 0. The molecule has 0 atom stereocenters. The zero-order valence-corrected chi connectivity index (χ0v) is 11.6. The summed E-state index contributed by atoms with van der Waals surface area (Å²) >= 11 is -8.03. The number of rotatable bonds is 0. The Hall–Kier alpha value is 2.86. The predicted molar refractivity (Wildman–Crippen MR) is 1.11 cm³/mol. The summed E-state index contributed by atoms with van der Waals surface area (Å²) in [6, 6.07) is 0. The van der Waals surface area contributed by atoms with Crippen LogP contribution in [0.2, 0.25) is 0 Å². The maximum atomic E-state index is 8.57. The molecule has 0 heterocycles. The Labute approximate surface area is 113 Å². The molecule has 0 bridgehead atoms. The second-order valence-electron chi connectivity index (χ2n) is 0.378. The molecule has 0 amide bonds. The Balaban J connectivity index is -0.0000000300. The summed E-state index contributed by atoms with van der Waals surface area (Å²) in [5, 5.41) is 0. The molecule has 0 saturated heterocycles. The molecule has 0 aliphatic carbocycles. The van der Waals surface area contributed by atoms with Gasteiger partial charge in [-0.15, -0.1) is 0 Å². The van der Waals surface area contributed by atoms with Gasteiger partial charge in [0.05, 0.1) is 0 Å². The van der Waals surface area contributed by atoms with E-state index in [-0.39, 0.29) is 52.8 Å². The molecule has 0 N–H and O–H groups in total. The summed E-state index contributed by atoms with van der Waals surface area (Å²) in [7, 11) is 0. The van der Waals surface area contributed by atoms with Crippen molar-refractivity contribution in [3.05, 3.63) is 0 Å². The van der Waals surface area contributed by atoms with Gasteiger partial charge in [-0.3, -0.25) is 0 Å². The number of hydrogen-bond acceptors (Lipinski definition) is 6. The fourth-order valence-electron chi connectivity index (χ4n) is 0. The van der Waals surface area contributed by atoms with Gasteiger partial charge in [-0.05, 0) is 0 Å². The molecule has 0 radical (unpaired) electrons. The molecule has 6 nitrogen and oxygen atoms in total. The van der Waals surface area contributed by atoms with E-state index in [0.29, 0.717) is 0 Å². The Morgan fingerprint density at radius 1 is 0.667 bits per heavy atom. The normalized spacial score (nSPS) is 8.00. The molecule has 0 unspecified atom stereocenters. The zero-order valence-electron chi connectivity index (χ0n) is 5.21. The summed E-state index contributed by atoms with van der Waals surface area (Å²) in [6.07, 6.45) is 0. The van der Waals surface area contributed by atoms with Crippen molar-refractivity contribution in [3.63, 3.8) is 0 Å². The van der Waals surface area contributed by atoms with Crippen LogP contribution in [0.15, 0.2) is 0 Å². The third-order valence-corrected chi connectivity index (χ3v) is 0. The molecular weight excluding hydrogens is 389 g/mol. The van der Waals surface area contributed by atoms with Crippen molar-refractivity contribution in [1.29, 1.82) is 0 Å². The number of halogens is 2. The van der Waals surface area contributed by atoms with Crippen molar-refractivity contribution >= 4 is 0 Å². The Morgan fingerprint density at radius 3 is 0.667 bits per heavy atom. The van der Waals surface area contributed by atoms with Crippen LogP contribution in [0.25, 0.3) is 0 Å². The van der Waals surface area contributed by atoms with Crippen molar-refractivity contribution in [1.82, 2.24) is 0 Å². The van der Waals surface area contributed by atoms with Crippen LogP contribution >= 0.6 is 0 Å². The molecule has 0 rings (SSSR count). The van der Waals surface area contributed by atoms with Crippen molar-refractivity contribution in [2.75, 3.05) is 0 Å². The van der Waals surface area contributed by atoms with E-state index in [1.54, 1.807) is 0 Å². The van der Waals surface area contributed by atoms with E-state index in [4.69, 9.17) is 20.6 Å². The fraction of sp³-hybridized carbons (Fsp3) is 0. The van der Waals surface area contributed by atoms with Crippen LogP contribution in [0.1, 0.15) is 1.43 Å². The molecule has 52 valence electrons. The third-order valence-electron chi connectivity index (χ3n) is 0. The van der Waals surface area contributed by atoms with Crippen molar-refractivity contribution in [2.45, 2.75) is 0 Å². The monoisotopic (exact) mass is 390 g/mol. The van der Waals surface area contributed by atoms with Gasteiger partial charge in [0.15, 0.2) is 0 Å². The van der Waals surface area contributed by atoms with Gasteiger partial charge in [0.25, 0.3) is 42.1 Å². The van der Waals surface area contributed by atoms with Crippen LogP contribution in [0.5, 0.6) is 0 Å². The van der Waals surface area contributed by atoms with Crippen LogP contribution in [0.4, 0.5) is 0 Å². The largest absolute Gasteiger partial charge is 1.00 e. The molecule has 0 aromatic rings. The van der Waals surface area contributed by atoms with E-state index in [1.165, 1.54) is 0 Å². The third kappa shape index (κ3) is 104. The predicted octanol–water partition coefficient (Wildman–Crippen LogP) is -16.0. The Bertz CT molecular complexity index is 31.2. The summed E-state index contributed by atoms with van der Waals surface area (Å²) in [4.78, 5) is 0. The first kappa shape index (κ1) is 17.8. The molecule has 9 heteroatoms. The average molecular weight is 390 g/mol. The molecule has 0 fully saturated rings. The van der Waals surface area contributed by atoms with Gasteiger partial charge in [-0.1, -0.05) is 0 Å². The minimum absolute atomic E-state index is 0. The maximum Gasteiger partial charge on any atom is 1.00 e. The molecule has 0 spiro atoms. The first-order valence-electron chi connectivity index (χ1n) is 0.926. The molecule has 0 saturated carbocycles. The van der Waals surface area contributed by atoms with E-state index in [1.807, 2.05) is 0 Å². The summed E-state index contributed by atoms with van der Waals surface area (Å²) in [5.41, 5.74) is 0. The smallest absolute Gasteiger partial charge is 0.427 e. The van der Waals surface area contributed by atoms with Crippen LogP contribution in [0, 0.1) is 0 Å². The summed E-state index contributed by atoms with van der Waals surface area (Å²) < 4.78 is 51.4. The van der Waals surface area contributed by atoms with Gasteiger partial charge in [0.1, 0.15) is 0 Å². The SMILES string of the molecule is [H+].[K+].[O-][I+2]([O-])[O-].[O-][I+2]([O-])[O-]. The molecular formula is HI2KO6. The minimum Gasteiger partial charge on any atom is -0.427 e. The van der Waals surface area contributed by atoms with E-state index >= 15 is 0 Å². The fourth-order valence-corrected chi connectivity index (χ4v) is 0. The molecule has 0 aromatic carbocycles. The maximum absolute atomic E-state index is 8.57. The topological polar surface area (TPSA) is 138 Å². The van der Waals surface area contributed by atoms with Crippen molar-refractivity contribution < 1.29 is 116 Å². The average Bonchev–Trinajstić information content (AvgIpc) is 1.25. The quantitative estimate of drug-likeness (QED) is 0.298. The van der Waals surface area contributed by atoms with Gasteiger partial charge < -0.3 is 20.6 Å². The molecule has 9 heavy (non-hydrogen) atoms. The van der Waals surface area contributed by atoms with Crippen LogP contribution < -0.4 is 114 Å². The molecule has 0 aliphatic rings. The van der Waals surface area contributed by atoms with Gasteiger partial charge in [0.2, 0.25) is 0 Å². The Kier molecular flexibility index (Phi) is 26.6. The van der Waals surface area contributed by atoms with Crippen LogP contribution in [0.3, 0.4) is 0 Å². The van der Waals surface area contributed by atoms with E-state index < -0.39 is 42.1 Å². The second-order valence-corrected chi connectivity index (χ2v) is 2.54. The van der Waals surface area contributed by atoms with Crippen LogP contribution in [-0.4, -0.2) is 0 Å². The van der Waals surface area contributed by atoms with Gasteiger partial charge >= 0.3 is 52.8 Å². The zero-order chi connectivity index (χ0) is 7.15. The van der Waals surface area contributed by atoms with Gasteiger partial charge in [-0.25, -0.2) is 0 Å². The minimum atomic E-state index is -4.01. The van der Waals surface area contributed by atoms with E-state index in [2.05, 4.69) is 0 Å². The van der Waals surface area contributed by atoms with Crippen molar-refractivity contribution in [3.8, 4) is 0 Å².